The van der Waals surface area contributed by atoms with Gasteiger partial charge >= 0.3 is 6.18 Å². The fourth-order valence-corrected chi connectivity index (χ4v) is 2.74. The van der Waals surface area contributed by atoms with Crippen molar-refractivity contribution in [2.75, 3.05) is 5.32 Å². The van der Waals surface area contributed by atoms with Crippen LogP contribution in [0.5, 0.6) is 0 Å². The summed E-state index contributed by atoms with van der Waals surface area (Å²) in [5, 5.41) is 9.09. The minimum absolute atomic E-state index is 0.370. The van der Waals surface area contributed by atoms with Gasteiger partial charge in [0, 0.05) is 5.56 Å². The summed E-state index contributed by atoms with van der Waals surface area (Å²) in [5.41, 5.74) is 1.53. The van der Waals surface area contributed by atoms with Gasteiger partial charge in [0.1, 0.15) is 4.88 Å². The molecular weight excluding hydrogens is 329 g/mol. The highest BCUT2D eigenvalue weighted by Gasteiger charge is 2.35. The smallest absolute Gasteiger partial charge is 0.288 e. The first kappa shape index (κ1) is 15.2. The molecule has 0 saturated heterocycles. The molecule has 0 bridgehead atoms. The largest absolute Gasteiger partial charge is 0.451 e. The van der Waals surface area contributed by atoms with Gasteiger partial charge < -0.3 is 0 Å². The number of alkyl halides is 3. The molecule has 0 atom stereocenters. The Morgan fingerprint density at radius 2 is 1.91 bits per heavy atom. The van der Waals surface area contributed by atoms with Crippen LogP contribution in [-0.2, 0) is 6.18 Å². The Hall–Kier alpha value is -2.68. The summed E-state index contributed by atoms with van der Waals surface area (Å²) in [4.78, 5) is 15.8. The van der Waals surface area contributed by atoms with Crippen LogP contribution < -0.4 is 5.32 Å². The summed E-state index contributed by atoms with van der Waals surface area (Å²) in [6, 6.07) is 11.0. The number of carbonyl (C=O) groups excluding carboxylic acids is 1. The second-order valence-corrected chi connectivity index (χ2v) is 5.41. The molecule has 0 aliphatic carbocycles. The highest BCUT2D eigenvalue weighted by Crippen LogP contribution is 2.29. The predicted molar refractivity (Wildman–Crippen MR) is 79.1 cm³/mol. The molecule has 0 fully saturated rings. The number of aromatic nitrogens is 3. The lowest BCUT2D eigenvalue weighted by molar-refractivity contribution is -0.144. The van der Waals surface area contributed by atoms with E-state index in [1.165, 1.54) is 11.3 Å². The van der Waals surface area contributed by atoms with Gasteiger partial charge in [-0.25, -0.2) is 0 Å². The lowest BCUT2D eigenvalue weighted by Gasteiger charge is -2.03. The fraction of sp³-hybridized carbons (Fsp3) is 0.0714. The molecule has 3 aromatic rings. The van der Waals surface area contributed by atoms with E-state index in [1.807, 2.05) is 30.3 Å². The minimum atomic E-state index is -4.64. The zero-order valence-corrected chi connectivity index (χ0v) is 12.2. The van der Waals surface area contributed by atoms with Crippen LogP contribution >= 0.6 is 11.3 Å². The molecule has 9 heteroatoms. The van der Waals surface area contributed by atoms with Crippen LogP contribution in [-0.4, -0.2) is 21.1 Å². The Morgan fingerprint density at radius 1 is 1.17 bits per heavy atom. The molecule has 0 saturated carbocycles. The first-order valence-corrected chi connectivity index (χ1v) is 7.27. The highest BCUT2D eigenvalue weighted by molar-refractivity contribution is 7.12. The van der Waals surface area contributed by atoms with E-state index in [9.17, 15) is 18.0 Å². The van der Waals surface area contributed by atoms with E-state index in [2.05, 4.69) is 15.4 Å². The Morgan fingerprint density at radius 3 is 2.57 bits per heavy atom. The van der Waals surface area contributed by atoms with Gasteiger partial charge in [-0.05, 0) is 17.0 Å². The second-order valence-electron chi connectivity index (χ2n) is 4.49. The van der Waals surface area contributed by atoms with Gasteiger partial charge in [0.25, 0.3) is 5.91 Å². The number of nitrogens with zero attached hydrogens (tertiary/aromatic N) is 2. The molecule has 3 rings (SSSR count). The van der Waals surface area contributed by atoms with Gasteiger partial charge in [0.05, 0.1) is 0 Å². The Kier molecular flexibility index (Phi) is 3.87. The average molecular weight is 338 g/mol. The third-order valence-electron chi connectivity index (χ3n) is 2.94. The SMILES string of the molecule is O=C(Nc1n[nH]c(C(F)(F)F)n1)c1sccc1-c1ccccc1. The molecule has 0 radical (unpaired) electrons. The maximum Gasteiger partial charge on any atom is 0.451 e. The molecule has 2 N–H and O–H groups in total. The van der Waals surface area contributed by atoms with Crippen molar-refractivity contribution in [2.45, 2.75) is 6.18 Å². The third-order valence-corrected chi connectivity index (χ3v) is 3.85. The van der Waals surface area contributed by atoms with Crippen LogP contribution in [0.4, 0.5) is 19.1 Å². The summed E-state index contributed by atoms with van der Waals surface area (Å²) in [6.07, 6.45) is -4.64. The van der Waals surface area contributed by atoms with Crippen LogP contribution in [0.25, 0.3) is 11.1 Å². The van der Waals surface area contributed by atoms with E-state index in [1.54, 1.807) is 16.5 Å². The number of hydrogen-bond donors (Lipinski definition) is 2. The zero-order chi connectivity index (χ0) is 16.4. The predicted octanol–water partition coefficient (Wildman–Crippen LogP) is 3.80. The summed E-state index contributed by atoms with van der Waals surface area (Å²) >= 11 is 1.18. The monoisotopic (exact) mass is 338 g/mol. The summed E-state index contributed by atoms with van der Waals surface area (Å²) in [5.74, 6) is -2.25. The Labute approximate surface area is 132 Å². The quantitative estimate of drug-likeness (QED) is 0.763. The van der Waals surface area contributed by atoms with Crippen LogP contribution in [0.15, 0.2) is 41.8 Å². The zero-order valence-electron chi connectivity index (χ0n) is 11.4. The summed E-state index contributed by atoms with van der Waals surface area (Å²) in [7, 11) is 0. The maximum absolute atomic E-state index is 12.5. The molecular formula is C14H9F3N4OS. The summed E-state index contributed by atoms with van der Waals surface area (Å²) < 4.78 is 37.4. The maximum atomic E-state index is 12.5. The lowest BCUT2D eigenvalue weighted by atomic mass is 10.1. The van der Waals surface area contributed by atoms with Gasteiger partial charge in [-0.2, -0.15) is 18.2 Å². The van der Waals surface area contributed by atoms with E-state index in [0.717, 1.165) is 5.56 Å². The molecule has 1 aromatic carbocycles. The first-order chi connectivity index (χ1) is 10.9. The molecule has 0 spiro atoms. The lowest BCUT2D eigenvalue weighted by Crippen LogP contribution is -2.13. The molecule has 5 nitrogen and oxygen atoms in total. The molecule has 118 valence electrons. The number of benzene rings is 1. The van der Waals surface area contributed by atoms with Gasteiger partial charge in [0.15, 0.2) is 0 Å². The molecule has 0 aliphatic rings. The number of hydrogen-bond acceptors (Lipinski definition) is 4. The molecule has 2 aromatic heterocycles. The van der Waals surface area contributed by atoms with Gasteiger partial charge in [0.2, 0.25) is 11.8 Å². The topological polar surface area (TPSA) is 70.7 Å². The highest BCUT2D eigenvalue weighted by atomic mass is 32.1. The van der Waals surface area contributed by atoms with Crippen molar-refractivity contribution in [3.8, 4) is 11.1 Å². The van der Waals surface area contributed by atoms with Crippen molar-refractivity contribution in [3.63, 3.8) is 0 Å². The third kappa shape index (κ3) is 3.24. The Balaban J connectivity index is 1.83. The number of halogens is 3. The standard InChI is InChI=1S/C14H9F3N4OS/c15-14(16,17)12-19-13(21-20-12)18-11(22)10-9(6-7-23-10)8-4-2-1-3-5-8/h1-7H,(H2,18,19,20,21,22). The van der Waals surface area contributed by atoms with Crippen LogP contribution in [0.1, 0.15) is 15.5 Å². The van der Waals surface area contributed by atoms with E-state index in [4.69, 9.17) is 0 Å². The number of anilines is 1. The van der Waals surface area contributed by atoms with Crippen molar-refractivity contribution < 1.29 is 18.0 Å². The summed E-state index contributed by atoms with van der Waals surface area (Å²) in [6.45, 7) is 0. The number of rotatable bonds is 3. The fourth-order valence-electron chi connectivity index (χ4n) is 1.93. The molecule has 0 aliphatic heterocycles. The van der Waals surface area contributed by atoms with E-state index < -0.39 is 23.9 Å². The van der Waals surface area contributed by atoms with Crippen molar-refractivity contribution in [2.24, 2.45) is 0 Å². The van der Waals surface area contributed by atoms with E-state index in [-0.39, 0.29) is 0 Å². The molecule has 23 heavy (non-hydrogen) atoms. The minimum Gasteiger partial charge on any atom is -0.288 e. The van der Waals surface area contributed by atoms with Gasteiger partial charge in [-0.15, -0.1) is 16.4 Å². The second kappa shape index (κ2) is 5.84. The van der Waals surface area contributed by atoms with Crippen LogP contribution in [0.3, 0.4) is 0 Å². The van der Waals surface area contributed by atoms with E-state index >= 15 is 0 Å². The number of amides is 1. The van der Waals surface area contributed by atoms with Crippen LogP contribution in [0.2, 0.25) is 0 Å². The van der Waals surface area contributed by atoms with Crippen molar-refractivity contribution in [1.29, 1.82) is 0 Å². The first-order valence-electron chi connectivity index (χ1n) is 6.39. The molecule has 1 amide bonds. The number of thiophene rings is 1. The average Bonchev–Trinajstić information content (AvgIpc) is 3.16. The van der Waals surface area contributed by atoms with Crippen molar-refractivity contribution in [1.82, 2.24) is 15.2 Å². The Bertz CT molecular complexity index is 826. The number of carbonyl (C=O) groups is 1. The van der Waals surface area contributed by atoms with Crippen molar-refractivity contribution >= 4 is 23.2 Å². The van der Waals surface area contributed by atoms with Gasteiger partial charge in [-0.1, -0.05) is 30.3 Å². The molecule has 2 heterocycles. The number of nitrogens with one attached hydrogen (secondary N) is 2. The number of H-pyrrole nitrogens is 1. The van der Waals surface area contributed by atoms with Gasteiger partial charge in [-0.3, -0.25) is 15.2 Å². The van der Waals surface area contributed by atoms with Crippen molar-refractivity contribution in [3.05, 3.63) is 52.5 Å². The van der Waals surface area contributed by atoms with E-state index in [0.29, 0.717) is 10.4 Å². The number of aromatic amines is 1. The molecule has 0 unspecified atom stereocenters. The normalized spacial score (nSPS) is 11.4. The van der Waals surface area contributed by atoms with Crippen LogP contribution in [0, 0.1) is 0 Å².